The highest BCUT2D eigenvalue weighted by Gasteiger charge is 2.06. The average Bonchev–Trinajstić information content (AvgIpc) is 2.14. The number of aliphatic carboxylic acids is 1. The first-order valence-electron chi connectivity index (χ1n) is 4.61. The van der Waals surface area contributed by atoms with Gasteiger partial charge in [0.25, 0.3) is 0 Å². The molecule has 2 N–H and O–H groups in total. The third-order valence-corrected chi connectivity index (χ3v) is 3.38. The molecule has 0 saturated carbocycles. The Hall–Kier alpha value is -0.360. The van der Waals surface area contributed by atoms with E-state index >= 15 is 0 Å². The monoisotopic (exact) mass is 251 g/mol. The third kappa shape index (κ3) is 9.93. The molecular formula is C9H17NO3S2. The van der Waals surface area contributed by atoms with Crippen LogP contribution in [0.15, 0.2) is 0 Å². The number of rotatable bonds is 8. The smallest absolute Gasteiger partial charge is 0.313 e. The van der Waals surface area contributed by atoms with E-state index in [4.69, 9.17) is 5.11 Å². The van der Waals surface area contributed by atoms with Gasteiger partial charge in [-0.15, -0.1) is 11.8 Å². The van der Waals surface area contributed by atoms with Gasteiger partial charge < -0.3 is 10.4 Å². The number of hydrogen-bond acceptors (Lipinski definition) is 4. The molecule has 0 aromatic carbocycles. The summed E-state index contributed by atoms with van der Waals surface area (Å²) in [4.78, 5) is 21.4. The summed E-state index contributed by atoms with van der Waals surface area (Å²) in [5.74, 6) is 0.695. The van der Waals surface area contributed by atoms with E-state index < -0.39 is 5.97 Å². The van der Waals surface area contributed by atoms with E-state index in [2.05, 4.69) is 12.2 Å². The predicted molar refractivity (Wildman–Crippen MR) is 65.5 cm³/mol. The van der Waals surface area contributed by atoms with Crippen molar-refractivity contribution < 1.29 is 14.7 Å². The fraction of sp³-hybridized carbons (Fsp3) is 0.778. The van der Waals surface area contributed by atoms with Gasteiger partial charge in [-0.25, -0.2) is 0 Å². The highest BCUT2D eigenvalue weighted by Crippen LogP contribution is 2.03. The van der Waals surface area contributed by atoms with Crippen molar-refractivity contribution in [2.75, 3.05) is 30.1 Å². The minimum atomic E-state index is -0.886. The van der Waals surface area contributed by atoms with Crippen molar-refractivity contribution in [1.29, 1.82) is 0 Å². The number of carbonyl (C=O) groups is 2. The van der Waals surface area contributed by atoms with Crippen LogP contribution >= 0.6 is 23.5 Å². The average molecular weight is 251 g/mol. The molecule has 1 atom stereocenters. The molecule has 0 saturated heterocycles. The van der Waals surface area contributed by atoms with Gasteiger partial charge in [-0.2, -0.15) is 11.8 Å². The van der Waals surface area contributed by atoms with Crippen molar-refractivity contribution in [3.8, 4) is 0 Å². The van der Waals surface area contributed by atoms with Gasteiger partial charge >= 0.3 is 5.97 Å². The van der Waals surface area contributed by atoms with Crippen LogP contribution in [-0.2, 0) is 9.59 Å². The molecule has 0 aromatic heterocycles. The van der Waals surface area contributed by atoms with Crippen molar-refractivity contribution in [2.45, 2.75) is 6.92 Å². The second-order valence-corrected chi connectivity index (χ2v) is 5.15. The molecule has 0 radical (unpaired) electrons. The Morgan fingerprint density at radius 1 is 1.40 bits per heavy atom. The number of carboxylic acid groups (broad SMARTS) is 1. The highest BCUT2D eigenvalue weighted by atomic mass is 32.2. The summed E-state index contributed by atoms with van der Waals surface area (Å²) in [7, 11) is 0. The lowest BCUT2D eigenvalue weighted by molar-refractivity contribution is -0.133. The molecule has 0 aromatic rings. The fourth-order valence-corrected chi connectivity index (χ4v) is 2.16. The van der Waals surface area contributed by atoms with Crippen molar-refractivity contribution in [3.63, 3.8) is 0 Å². The molecule has 88 valence electrons. The summed E-state index contributed by atoms with van der Waals surface area (Å²) in [5.41, 5.74) is 0. The van der Waals surface area contributed by atoms with Crippen LogP contribution in [0, 0.1) is 5.92 Å². The Kier molecular flexibility index (Phi) is 8.70. The molecule has 1 unspecified atom stereocenters. The summed E-state index contributed by atoms with van der Waals surface area (Å²) < 4.78 is 0. The van der Waals surface area contributed by atoms with Crippen LogP contribution in [0.2, 0.25) is 0 Å². The number of carbonyl (C=O) groups excluding carboxylic acids is 1. The maximum atomic E-state index is 11.2. The SMILES string of the molecule is CSCC(C)CNC(=O)CSCC(=O)O. The summed E-state index contributed by atoms with van der Waals surface area (Å²) in [6, 6.07) is 0. The molecule has 6 heteroatoms. The van der Waals surface area contributed by atoms with Gasteiger partial charge in [0, 0.05) is 6.54 Å². The van der Waals surface area contributed by atoms with Crippen LogP contribution in [0.1, 0.15) is 6.92 Å². The molecule has 0 rings (SSSR count). The first-order chi connectivity index (χ1) is 7.06. The maximum Gasteiger partial charge on any atom is 0.313 e. The molecule has 0 bridgehead atoms. The van der Waals surface area contributed by atoms with Gasteiger partial charge in [-0.1, -0.05) is 6.92 Å². The first-order valence-corrected chi connectivity index (χ1v) is 7.16. The van der Waals surface area contributed by atoms with Gasteiger partial charge in [0.05, 0.1) is 11.5 Å². The molecule has 0 heterocycles. The van der Waals surface area contributed by atoms with Gasteiger partial charge in [0.1, 0.15) is 0 Å². The summed E-state index contributed by atoms with van der Waals surface area (Å²) in [6.07, 6.45) is 2.03. The van der Waals surface area contributed by atoms with Gasteiger partial charge in [-0.3, -0.25) is 9.59 Å². The van der Waals surface area contributed by atoms with Gasteiger partial charge in [0.2, 0.25) is 5.91 Å². The van der Waals surface area contributed by atoms with Crippen LogP contribution in [0.3, 0.4) is 0 Å². The highest BCUT2D eigenvalue weighted by molar-refractivity contribution is 8.00. The van der Waals surface area contributed by atoms with Crippen LogP contribution in [0.25, 0.3) is 0 Å². The molecule has 0 aliphatic rings. The van der Waals surface area contributed by atoms with Gasteiger partial charge in [0.15, 0.2) is 0 Å². The van der Waals surface area contributed by atoms with Crippen LogP contribution in [0.5, 0.6) is 0 Å². The number of hydrogen-bond donors (Lipinski definition) is 2. The Morgan fingerprint density at radius 2 is 2.07 bits per heavy atom. The van der Waals surface area contributed by atoms with Crippen LogP contribution in [-0.4, -0.2) is 47.0 Å². The Bertz CT molecular complexity index is 212. The first kappa shape index (κ1) is 14.6. The quantitative estimate of drug-likeness (QED) is 0.671. The number of amides is 1. The zero-order chi connectivity index (χ0) is 11.7. The molecule has 0 spiro atoms. The van der Waals surface area contributed by atoms with Crippen molar-refractivity contribution in [1.82, 2.24) is 5.32 Å². The largest absolute Gasteiger partial charge is 0.481 e. The van der Waals surface area contributed by atoms with E-state index in [0.717, 1.165) is 17.5 Å². The molecule has 15 heavy (non-hydrogen) atoms. The lowest BCUT2D eigenvalue weighted by atomic mass is 10.2. The lowest BCUT2D eigenvalue weighted by Gasteiger charge is -2.10. The molecule has 4 nitrogen and oxygen atoms in total. The molecule has 0 fully saturated rings. The Labute approximate surface area is 98.6 Å². The zero-order valence-electron chi connectivity index (χ0n) is 8.99. The third-order valence-electron chi connectivity index (χ3n) is 1.56. The number of nitrogens with one attached hydrogen (secondary N) is 1. The standard InChI is InChI=1S/C9H17NO3S2/c1-7(4-14-2)3-10-8(11)5-15-6-9(12)13/h7H,3-6H2,1-2H3,(H,10,11)(H,12,13). The van der Waals surface area contributed by atoms with Crippen molar-refractivity contribution in [3.05, 3.63) is 0 Å². The summed E-state index contributed by atoms with van der Waals surface area (Å²) >= 11 is 2.87. The number of carboxylic acids is 1. The summed E-state index contributed by atoms with van der Waals surface area (Å²) in [6.45, 7) is 2.73. The topological polar surface area (TPSA) is 66.4 Å². The van der Waals surface area contributed by atoms with E-state index in [1.54, 1.807) is 11.8 Å². The fourth-order valence-electron chi connectivity index (χ4n) is 0.914. The molecular weight excluding hydrogens is 234 g/mol. The van der Waals surface area contributed by atoms with E-state index in [1.807, 2.05) is 6.26 Å². The van der Waals surface area contributed by atoms with E-state index in [-0.39, 0.29) is 17.4 Å². The molecule has 0 aliphatic heterocycles. The lowest BCUT2D eigenvalue weighted by Crippen LogP contribution is -2.30. The van der Waals surface area contributed by atoms with Crippen molar-refractivity contribution >= 4 is 35.4 Å². The maximum absolute atomic E-state index is 11.2. The number of thioether (sulfide) groups is 2. The molecule has 0 aliphatic carbocycles. The zero-order valence-corrected chi connectivity index (χ0v) is 10.6. The van der Waals surface area contributed by atoms with E-state index in [0.29, 0.717) is 12.5 Å². The van der Waals surface area contributed by atoms with E-state index in [1.165, 1.54) is 0 Å². The molecule has 1 amide bonds. The van der Waals surface area contributed by atoms with Crippen LogP contribution < -0.4 is 5.32 Å². The normalized spacial score (nSPS) is 12.1. The minimum Gasteiger partial charge on any atom is -0.481 e. The summed E-state index contributed by atoms with van der Waals surface area (Å²) in [5, 5.41) is 11.1. The second-order valence-electron chi connectivity index (χ2n) is 3.25. The second kappa shape index (κ2) is 8.91. The van der Waals surface area contributed by atoms with Crippen molar-refractivity contribution in [2.24, 2.45) is 5.92 Å². The van der Waals surface area contributed by atoms with Crippen LogP contribution in [0.4, 0.5) is 0 Å². The van der Waals surface area contributed by atoms with E-state index in [9.17, 15) is 9.59 Å². The Balaban J connectivity index is 3.44. The Morgan fingerprint density at radius 3 is 2.60 bits per heavy atom. The van der Waals surface area contributed by atoms with Gasteiger partial charge in [-0.05, 0) is 17.9 Å². The minimum absolute atomic E-state index is 0.0201. The predicted octanol–water partition coefficient (Wildman–Crippen LogP) is 0.919.